The third-order valence-electron chi connectivity index (χ3n) is 2.96. The van der Waals surface area contributed by atoms with Gasteiger partial charge in [0.1, 0.15) is 0 Å². The van der Waals surface area contributed by atoms with Crippen molar-refractivity contribution >= 4 is 10.8 Å². The molecule has 0 amide bonds. The molecule has 0 aliphatic carbocycles. The third-order valence-corrected chi connectivity index (χ3v) is 4.40. The second kappa shape index (κ2) is 7.62. The van der Waals surface area contributed by atoms with Crippen molar-refractivity contribution in [2.45, 2.75) is 44.0 Å². The summed E-state index contributed by atoms with van der Waals surface area (Å²) in [4.78, 5) is 0.965. The fourth-order valence-electron chi connectivity index (χ4n) is 1.70. The molecule has 0 aromatic heterocycles. The van der Waals surface area contributed by atoms with Crippen LogP contribution in [0, 0.1) is 6.92 Å². The Morgan fingerprint density at radius 3 is 2.76 bits per heavy atom. The molecule has 2 unspecified atom stereocenters. The Kier molecular flexibility index (Phi) is 6.45. The highest BCUT2D eigenvalue weighted by molar-refractivity contribution is 7.85. The lowest BCUT2D eigenvalue weighted by Gasteiger charge is -2.09. The maximum atomic E-state index is 12.0. The predicted octanol–water partition coefficient (Wildman–Crippen LogP) is 2.88. The van der Waals surface area contributed by atoms with E-state index in [0.29, 0.717) is 6.04 Å². The number of unbranched alkanes of at least 4 members (excludes halogenated alkanes) is 1. The molecule has 1 aromatic carbocycles. The first-order valence-electron chi connectivity index (χ1n) is 6.26. The molecule has 0 aliphatic rings. The molecule has 0 aliphatic heterocycles. The average molecular weight is 253 g/mol. The quantitative estimate of drug-likeness (QED) is 0.757. The SMILES string of the molecule is CNC(C)CCCCS(=O)c1cccc(C)c1. The normalized spacial score (nSPS) is 14.5. The van der Waals surface area contributed by atoms with Gasteiger partial charge in [-0.3, -0.25) is 4.21 Å². The first-order valence-corrected chi connectivity index (χ1v) is 7.57. The molecule has 3 heteroatoms. The van der Waals surface area contributed by atoms with Crippen molar-refractivity contribution in [3.63, 3.8) is 0 Å². The Hall–Kier alpha value is -0.670. The molecular weight excluding hydrogens is 230 g/mol. The molecular formula is C14H23NOS. The van der Waals surface area contributed by atoms with Gasteiger partial charge in [-0.15, -0.1) is 0 Å². The second-order valence-electron chi connectivity index (χ2n) is 4.55. The predicted molar refractivity (Wildman–Crippen MR) is 74.8 cm³/mol. The molecule has 96 valence electrons. The van der Waals surface area contributed by atoms with Gasteiger partial charge in [-0.2, -0.15) is 0 Å². The number of aryl methyl sites for hydroxylation is 1. The second-order valence-corrected chi connectivity index (χ2v) is 6.12. The van der Waals surface area contributed by atoms with Crippen molar-refractivity contribution in [1.29, 1.82) is 0 Å². The molecule has 0 radical (unpaired) electrons. The zero-order chi connectivity index (χ0) is 12.7. The largest absolute Gasteiger partial charge is 0.317 e. The molecule has 0 spiro atoms. The van der Waals surface area contributed by atoms with Gasteiger partial charge in [0.15, 0.2) is 0 Å². The van der Waals surface area contributed by atoms with E-state index >= 15 is 0 Å². The minimum absolute atomic E-state index is 0.558. The van der Waals surface area contributed by atoms with Crippen LogP contribution in [0.3, 0.4) is 0 Å². The summed E-state index contributed by atoms with van der Waals surface area (Å²) in [6, 6.07) is 8.55. The molecule has 2 atom stereocenters. The lowest BCUT2D eigenvalue weighted by Crippen LogP contribution is -2.20. The van der Waals surface area contributed by atoms with E-state index < -0.39 is 10.8 Å². The van der Waals surface area contributed by atoms with E-state index in [1.54, 1.807) is 0 Å². The topological polar surface area (TPSA) is 29.1 Å². The molecule has 17 heavy (non-hydrogen) atoms. The zero-order valence-corrected chi connectivity index (χ0v) is 11.8. The van der Waals surface area contributed by atoms with E-state index in [0.717, 1.165) is 29.9 Å². The van der Waals surface area contributed by atoms with E-state index in [2.05, 4.69) is 12.2 Å². The lowest BCUT2D eigenvalue weighted by atomic mass is 10.1. The summed E-state index contributed by atoms with van der Waals surface area (Å²) in [5.74, 6) is 0.778. The van der Waals surface area contributed by atoms with Crippen LogP contribution in [0.25, 0.3) is 0 Å². The third kappa shape index (κ3) is 5.46. The number of hydrogen-bond donors (Lipinski definition) is 1. The lowest BCUT2D eigenvalue weighted by molar-refractivity contribution is 0.537. The van der Waals surface area contributed by atoms with E-state index in [1.807, 2.05) is 38.2 Å². The maximum absolute atomic E-state index is 12.0. The summed E-state index contributed by atoms with van der Waals surface area (Å²) in [5, 5.41) is 3.22. The standard InChI is InChI=1S/C14H23NOS/c1-12-7-6-9-14(11-12)17(16)10-5-4-8-13(2)15-3/h6-7,9,11,13,15H,4-5,8,10H2,1-3H3. The van der Waals surface area contributed by atoms with Crippen LogP contribution in [0.5, 0.6) is 0 Å². The monoisotopic (exact) mass is 253 g/mol. The Labute approximate surface area is 107 Å². The summed E-state index contributed by atoms with van der Waals surface area (Å²) in [7, 11) is 1.15. The molecule has 0 heterocycles. The van der Waals surface area contributed by atoms with Crippen molar-refractivity contribution < 1.29 is 4.21 Å². The molecule has 0 fully saturated rings. The average Bonchev–Trinajstić information content (AvgIpc) is 2.34. The van der Waals surface area contributed by atoms with Crippen molar-refractivity contribution in [3.8, 4) is 0 Å². The van der Waals surface area contributed by atoms with Gasteiger partial charge in [0, 0.05) is 16.7 Å². The number of hydrogen-bond acceptors (Lipinski definition) is 2. The van der Waals surface area contributed by atoms with E-state index in [9.17, 15) is 4.21 Å². The van der Waals surface area contributed by atoms with Crippen LogP contribution in [0.15, 0.2) is 29.2 Å². The van der Waals surface area contributed by atoms with Crippen molar-refractivity contribution in [2.24, 2.45) is 0 Å². The van der Waals surface area contributed by atoms with Crippen LogP contribution in [-0.4, -0.2) is 23.1 Å². The van der Waals surface area contributed by atoms with Crippen LogP contribution < -0.4 is 5.32 Å². The molecule has 0 saturated carbocycles. The van der Waals surface area contributed by atoms with Crippen LogP contribution >= 0.6 is 0 Å². The Balaban J connectivity index is 2.30. The number of benzene rings is 1. The van der Waals surface area contributed by atoms with Crippen LogP contribution in [0.4, 0.5) is 0 Å². The summed E-state index contributed by atoms with van der Waals surface area (Å²) in [6.45, 7) is 4.22. The summed E-state index contributed by atoms with van der Waals surface area (Å²) < 4.78 is 12.0. The number of rotatable bonds is 7. The molecule has 0 bridgehead atoms. The fraction of sp³-hybridized carbons (Fsp3) is 0.571. The minimum Gasteiger partial charge on any atom is -0.317 e. The van der Waals surface area contributed by atoms with E-state index in [4.69, 9.17) is 0 Å². The molecule has 1 aromatic rings. The van der Waals surface area contributed by atoms with Gasteiger partial charge >= 0.3 is 0 Å². The highest BCUT2D eigenvalue weighted by atomic mass is 32.2. The van der Waals surface area contributed by atoms with E-state index in [-0.39, 0.29) is 0 Å². The molecule has 2 nitrogen and oxygen atoms in total. The Bertz CT molecular complexity index is 365. The van der Waals surface area contributed by atoms with Gasteiger partial charge in [0.05, 0.1) is 10.8 Å². The van der Waals surface area contributed by atoms with Gasteiger partial charge in [-0.05, 0) is 51.4 Å². The first kappa shape index (κ1) is 14.4. The Morgan fingerprint density at radius 1 is 1.35 bits per heavy atom. The summed E-state index contributed by atoms with van der Waals surface area (Å²) in [5.41, 5.74) is 1.18. The van der Waals surface area contributed by atoms with E-state index in [1.165, 1.54) is 5.56 Å². The molecule has 1 rings (SSSR count). The molecule has 1 N–H and O–H groups in total. The van der Waals surface area contributed by atoms with Crippen LogP contribution in [0.2, 0.25) is 0 Å². The van der Waals surface area contributed by atoms with Crippen molar-refractivity contribution in [1.82, 2.24) is 5.32 Å². The highest BCUT2D eigenvalue weighted by Gasteiger charge is 2.04. The van der Waals surface area contributed by atoms with Gasteiger partial charge in [-0.1, -0.05) is 18.6 Å². The summed E-state index contributed by atoms with van der Waals surface area (Å²) in [6.07, 6.45) is 3.33. The number of nitrogens with one attached hydrogen (secondary N) is 1. The van der Waals surface area contributed by atoms with Gasteiger partial charge in [-0.25, -0.2) is 0 Å². The summed E-state index contributed by atoms with van der Waals surface area (Å²) >= 11 is 0. The smallest absolute Gasteiger partial charge is 0.0529 e. The fourth-order valence-corrected chi connectivity index (χ4v) is 2.95. The first-order chi connectivity index (χ1) is 8.13. The molecule has 0 saturated heterocycles. The van der Waals surface area contributed by atoms with Crippen LogP contribution in [-0.2, 0) is 10.8 Å². The Morgan fingerprint density at radius 2 is 2.12 bits per heavy atom. The van der Waals surface area contributed by atoms with Gasteiger partial charge in [0.25, 0.3) is 0 Å². The zero-order valence-electron chi connectivity index (χ0n) is 11.0. The maximum Gasteiger partial charge on any atom is 0.0529 e. The minimum atomic E-state index is -0.831. The van der Waals surface area contributed by atoms with Gasteiger partial charge < -0.3 is 5.32 Å². The van der Waals surface area contributed by atoms with Gasteiger partial charge in [0.2, 0.25) is 0 Å². The van der Waals surface area contributed by atoms with Crippen LogP contribution in [0.1, 0.15) is 31.7 Å². The van der Waals surface area contributed by atoms with Crippen molar-refractivity contribution in [2.75, 3.05) is 12.8 Å². The highest BCUT2D eigenvalue weighted by Crippen LogP contribution is 2.11. The van der Waals surface area contributed by atoms with Crippen molar-refractivity contribution in [3.05, 3.63) is 29.8 Å².